The van der Waals surface area contributed by atoms with Crippen molar-refractivity contribution in [2.75, 3.05) is 0 Å². The number of allylic oxidation sites excluding steroid dienone is 4. The molecule has 11 heavy (non-hydrogen) atoms. The second-order valence-electron chi connectivity index (χ2n) is 3.30. The maximum Gasteiger partial charge on any atom is -0.0294 e. The zero-order valence-electron chi connectivity index (χ0n) is 8.22. The van der Waals surface area contributed by atoms with E-state index in [0.717, 1.165) is 5.92 Å². The minimum atomic E-state index is 0.784. The molecular formula is C11H20. The van der Waals surface area contributed by atoms with E-state index >= 15 is 0 Å². The van der Waals surface area contributed by atoms with Crippen LogP contribution in [0.5, 0.6) is 0 Å². The molecule has 0 nitrogen and oxygen atoms in total. The van der Waals surface area contributed by atoms with E-state index in [-0.39, 0.29) is 0 Å². The third-order valence-corrected chi connectivity index (χ3v) is 1.65. The lowest BCUT2D eigenvalue weighted by Crippen LogP contribution is -1.89. The fraction of sp³-hybridized carbons (Fsp3) is 0.636. The molecule has 0 rings (SSSR count). The summed E-state index contributed by atoms with van der Waals surface area (Å²) in [5, 5.41) is 0. The first-order chi connectivity index (χ1) is 5.20. The van der Waals surface area contributed by atoms with Crippen molar-refractivity contribution in [1.82, 2.24) is 0 Å². The van der Waals surface area contributed by atoms with Crippen molar-refractivity contribution in [1.29, 1.82) is 0 Å². The average Bonchev–Trinajstić information content (AvgIpc) is 1.97. The maximum atomic E-state index is 2.26. The van der Waals surface area contributed by atoms with Gasteiger partial charge in [0.05, 0.1) is 0 Å². The normalized spacial score (nSPS) is 13.4. The highest BCUT2D eigenvalue weighted by molar-refractivity contribution is 5.11. The van der Waals surface area contributed by atoms with Crippen molar-refractivity contribution in [3.05, 3.63) is 23.8 Å². The quantitative estimate of drug-likeness (QED) is 0.535. The summed E-state index contributed by atoms with van der Waals surface area (Å²) in [6, 6.07) is 0. The van der Waals surface area contributed by atoms with Crippen LogP contribution in [0.1, 0.15) is 40.5 Å². The molecule has 0 heteroatoms. The third-order valence-electron chi connectivity index (χ3n) is 1.65. The first-order valence-corrected chi connectivity index (χ1v) is 4.51. The largest absolute Gasteiger partial charge is 0.0877 e. The fourth-order valence-electron chi connectivity index (χ4n) is 1.09. The minimum absolute atomic E-state index is 0.784. The molecule has 0 unspecified atom stereocenters. The number of rotatable bonds is 4. The summed E-state index contributed by atoms with van der Waals surface area (Å²) in [5.41, 5.74) is 1.55. The average molecular weight is 152 g/mol. The predicted molar refractivity (Wildman–Crippen MR) is 52.6 cm³/mol. The molecule has 0 radical (unpaired) electrons. The van der Waals surface area contributed by atoms with E-state index in [0.29, 0.717) is 0 Å². The highest BCUT2D eigenvalue weighted by Crippen LogP contribution is 2.13. The van der Waals surface area contributed by atoms with Gasteiger partial charge in [0.1, 0.15) is 0 Å². The Morgan fingerprint density at radius 3 is 2.36 bits per heavy atom. The molecule has 0 amide bonds. The van der Waals surface area contributed by atoms with Crippen LogP contribution in [0.25, 0.3) is 0 Å². The highest BCUT2D eigenvalue weighted by Gasteiger charge is 1.96. The zero-order chi connectivity index (χ0) is 8.69. The van der Waals surface area contributed by atoms with E-state index < -0.39 is 0 Å². The second-order valence-corrected chi connectivity index (χ2v) is 3.30. The molecule has 0 N–H and O–H groups in total. The summed E-state index contributed by atoms with van der Waals surface area (Å²) in [4.78, 5) is 0. The third kappa shape index (κ3) is 5.90. The molecule has 0 aliphatic heterocycles. The van der Waals surface area contributed by atoms with Gasteiger partial charge in [-0.2, -0.15) is 0 Å². The van der Waals surface area contributed by atoms with Gasteiger partial charge >= 0.3 is 0 Å². The summed E-state index contributed by atoms with van der Waals surface area (Å²) in [6.07, 6.45) is 8.86. The van der Waals surface area contributed by atoms with Crippen LogP contribution < -0.4 is 0 Å². The topological polar surface area (TPSA) is 0 Å². The molecule has 0 saturated carbocycles. The van der Waals surface area contributed by atoms with Crippen molar-refractivity contribution in [2.45, 2.75) is 40.5 Å². The molecule has 0 fully saturated rings. The Bertz CT molecular complexity index is 138. The van der Waals surface area contributed by atoms with E-state index in [1.807, 2.05) is 0 Å². The van der Waals surface area contributed by atoms with Crippen molar-refractivity contribution in [2.24, 2.45) is 5.92 Å². The first kappa shape index (κ1) is 10.5. The Labute approximate surface area is 71.0 Å². The SMILES string of the molecule is C/C=C/C=C(\CC)CC(C)C. The van der Waals surface area contributed by atoms with Gasteiger partial charge in [-0.25, -0.2) is 0 Å². The molecule has 64 valence electrons. The molecule has 0 aromatic heterocycles. The highest BCUT2D eigenvalue weighted by atomic mass is 14.0. The predicted octanol–water partition coefficient (Wildman–Crippen LogP) is 3.95. The number of hydrogen-bond acceptors (Lipinski definition) is 0. The molecule has 0 bridgehead atoms. The van der Waals surface area contributed by atoms with E-state index in [4.69, 9.17) is 0 Å². The lowest BCUT2D eigenvalue weighted by Gasteiger charge is -2.05. The van der Waals surface area contributed by atoms with Crippen molar-refractivity contribution >= 4 is 0 Å². The lowest BCUT2D eigenvalue weighted by atomic mass is 10.0. The van der Waals surface area contributed by atoms with Gasteiger partial charge in [-0.3, -0.25) is 0 Å². The van der Waals surface area contributed by atoms with Gasteiger partial charge in [0.15, 0.2) is 0 Å². The second kappa shape index (κ2) is 6.21. The Morgan fingerprint density at radius 2 is 2.00 bits per heavy atom. The summed E-state index contributed by atoms with van der Waals surface area (Å²) in [6.45, 7) is 8.80. The smallest absolute Gasteiger partial charge is 0.0294 e. The Balaban J connectivity index is 3.94. The lowest BCUT2D eigenvalue weighted by molar-refractivity contribution is 0.630. The van der Waals surface area contributed by atoms with Crippen LogP contribution in [-0.4, -0.2) is 0 Å². The fourth-order valence-corrected chi connectivity index (χ4v) is 1.09. The first-order valence-electron chi connectivity index (χ1n) is 4.51. The monoisotopic (exact) mass is 152 g/mol. The van der Waals surface area contributed by atoms with E-state index in [1.165, 1.54) is 12.8 Å². The molecule has 0 aromatic rings. The van der Waals surface area contributed by atoms with Crippen LogP contribution in [0.4, 0.5) is 0 Å². The summed E-state index contributed by atoms with van der Waals surface area (Å²) >= 11 is 0. The Kier molecular flexibility index (Phi) is 5.91. The van der Waals surface area contributed by atoms with Gasteiger partial charge < -0.3 is 0 Å². The maximum absolute atomic E-state index is 2.26. The molecular weight excluding hydrogens is 132 g/mol. The summed E-state index contributed by atoms with van der Waals surface area (Å²) in [7, 11) is 0. The van der Waals surface area contributed by atoms with Crippen molar-refractivity contribution < 1.29 is 0 Å². The Hall–Kier alpha value is -0.520. The van der Waals surface area contributed by atoms with E-state index in [1.54, 1.807) is 5.57 Å². The van der Waals surface area contributed by atoms with E-state index in [2.05, 4.69) is 45.9 Å². The van der Waals surface area contributed by atoms with Gasteiger partial charge in [-0.15, -0.1) is 0 Å². The molecule has 0 aromatic carbocycles. The summed E-state index contributed by atoms with van der Waals surface area (Å²) < 4.78 is 0. The minimum Gasteiger partial charge on any atom is -0.0877 e. The van der Waals surface area contributed by atoms with Crippen LogP contribution in [0.2, 0.25) is 0 Å². The number of hydrogen-bond donors (Lipinski definition) is 0. The summed E-state index contributed by atoms with van der Waals surface area (Å²) in [5.74, 6) is 0.784. The van der Waals surface area contributed by atoms with Crippen molar-refractivity contribution in [3.8, 4) is 0 Å². The van der Waals surface area contributed by atoms with Crippen LogP contribution in [0.3, 0.4) is 0 Å². The van der Waals surface area contributed by atoms with Crippen LogP contribution >= 0.6 is 0 Å². The molecule has 0 aliphatic carbocycles. The van der Waals surface area contributed by atoms with Gasteiger partial charge in [0, 0.05) is 0 Å². The molecule has 0 aliphatic rings. The van der Waals surface area contributed by atoms with Crippen molar-refractivity contribution in [3.63, 3.8) is 0 Å². The molecule has 0 saturated heterocycles. The zero-order valence-corrected chi connectivity index (χ0v) is 8.22. The molecule has 0 atom stereocenters. The standard InChI is InChI=1S/C11H20/c1-5-7-8-11(6-2)9-10(3)4/h5,7-8,10H,6,9H2,1-4H3/b7-5+,11-8+. The van der Waals surface area contributed by atoms with Crippen LogP contribution in [0, 0.1) is 5.92 Å². The van der Waals surface area contributed by atoms with Gasteiger partial charge in [-0.05, 0) is 25.7 Å². The van der Waals surface area contributed by atoms with Gasteiger partial charge in [0.25, 0.3) is 0 Å². The molecule has 0 heterocycles. The van der Waals surface area contributed by atoms with Gasteiger partial charge in [0.2, 0.25) is 0 Å². The van der Waals surface area contributed by atoms with Crippen LogP contribution in [0.15, 0.2) is 23.8 Å². The molecule has 0 spiro atoms. The van der Waals surface area contributed by atoms with Crippen LogP contribution in [-0.2, 0) is 0 Å². The Morgan fingerprint density at radius 1 is 1.36 bits per heavy atom. The van der Waals surface area contributed by atoms with E-state index in [9.17, 15) is 0 Å². The van der Waals surface area contributed by atoms with Gasteiger partial charge in [-0.1, -0.05) is 44.6 Å².